The van der Waals surface area contributed by atoms with Gasteiger partial charge < -0.3 is 10.2 Å². The van der Waals surface area contributed by atoms with E-state index in [2.05, 4.69) is 5.32 Å². The fraction of sp³-hybridized carbons (Fsp3) is 0.440. The van der Waals surface area contributed by atoms with E-state index < -0.39 is 16.1 Å². The van der Waals surface area contributed by atoms with E-state index in [9.17, 15) is 18.0 Å². The Kier molecular flexibility index (Phi) is 7.91. The van der Waals surface area contributed by atoms with Crippen molar-refractivity contribution in [3.05, 3.63) is 64.7 Å². The summed E-state index contributed by atoms with van der Waals surface area (Å²) in [5.41, 5.74) is 1.30. The molecule has 2 aliphatic rings. The Bertz CT molecular complexity index is 1110. The summed E-state index contributed by atoms with van der Waals surface area (Å²) in [6, 6.07) is 12.2. The second-order valence-corrected chi connectivity index (χ2v) is 11.2. The Balaban J connectivity index is 1.61. The molecular formula is C25H30ClN3O4S. The maximum atomic E-state index is 13.6. The molecule has 4 rings (SSSR count). The molecule has 2 aromatic rings. The number of hydrogen-bond donors (Lipinski definition) is 1. The van der Waals surface area contributed by atoms with Gasteiger partial charge in [0.05, 0.1) is 4.90 Å². The predicted octanol–water partition coefficient (Wildman–Crippen LogP) is 3.83. The summed E-state index contributed by atoms with van der Waals surface area (Å²) >= 11 is 5.96. The molecule has 1 unspecified atom stereocenters. The lowest BCUT2D eigenvalue weighted by Gasteiger charge is -2.29. The summed E-state index contributed by atoms with van der Waals surface area (Å²) in [4.78, 5) is 27.6. The van der Waals surface area contributed by atoms with Crippen molar-refractivity contribution in [2.75, 3.05) is 19.6 Å². The third-order valence-electron chi connectivity index (χ3n) is 6.46. The smallest absolute Gasteiger partial charge is 0.253 e. The van der Waals surface area contributed by atoms with E-state index in [0.717, 1.165) is 45.2 Å². The number of halogens is 1. The third-order valence-corrected chi connectivity index (χ3v) is 8.58. The van der Waals surface area contributed by atoms with Crippen LogP contribution in [0, 0.1) is 0 Å². The SMILES string of the molecule is O=C1NCCCCC1N(Cc1ccc(C(=O)N2CCCCC2)cc1)S(=O)(=O)c1ccc(Cl)cc1. The van der Waals surface area contributed by atoms with E-state index in [1.165, 1.54) is 28.6 Å². The monoisotopic (exact) mass is 503 g/mol. The first-order valence-corrected chi connectivity index (χ1v) is 13.6. The van der Waals surface area contributed by atoms with Crippen molar-refractivity contribution >= 4 is 33.4 Å². The van der Waals surface area contributed by atoms with Crippen LogP contribution in [0.2, 0.25) is 5.02 Å². The minimum Gasteiger partial charge on any atom is -0.355 e. The first-order valence-electron chi connectivity index (χ1n) is 11.8. The molecule has 182 valence electrons. The minimum atomic E-state index is -3.97. The molecule has 0 saturated carbocycles. The van der Waals surface area contributed by atoms with Gasteiger partial charge in [-0.1, -0.05) is 23.7 Å². The normalized spacial score (nSPS) is 19.5. The molecule has 2 heterocycles. The number of rotatable bonds is 6. The topological polar surface area (TPSA) is 86.8 Å². The van der Waals surface area contributed by atoms with Crippen LogP contribution in [-0.4, -0.2) is 55.1 Å². The molecule has 0 spiro atoms. The molecule has 2 saturated heterocycles. The number of sulfonamides is 1. The van der Waals surface area contributed by atoms with Crippen LogP contribution in [-0.2, 0) is 21.4 Å². The van der Waals surface area contributed by atoms with Gasteiger partial charge in [0.1, 0.15) is 6.04 Å². The Hall–Kier alpha value is -2.42. The maximum Gasteiger partial charge on any atom is 0.253 e. The number of carbonyl (C=O) groups excluding carboxylic acids is 2. The summed E-state index contributed by atoms with van der Waals surface area (Å²) < 4.78 is 28.5. The zero-order chi connectivity index (χ0) is 24.1. The zero-order valence-corrected chi connectivity index (χ0v) is 20.7. The van der Waals surface area contributed by atoms with E-state index in [-0.39, 0.29) is 23.3 Å². The van der Waals surface area contributed by atoms with E-state index in [4.69, 9.17) is 11.6 Å². The number of nitrogens with zero attached hydrogens (tertiary/aromatic N) is 2. The molecule has 0 radical (unpaired) electrons. The van der Waals surface area contributed by atoms with Gasteiger partial charge in [0.2, 0.25) is 15.9 Å². The molecule has 9 heteroatoms. The van der Waals surface area contributed by atoms with Crippen LogP contribution >= 0.6 is 11.6 Å². The molecule has 0 aromatic heterocycles. The molecule has 34 heavy (non-hydrogen) atoms. The first kappa shape index (κ1) is 24.7. The van der Waals surface area contributed by atoms with Crippen molar-refractivity contribution in [2.24, 2.45) is 0 Å². The second-order valence-electron chi connectivity index (χ2n) is 8.86. The van der Waals surface area contributed by atoms with Crippen molar-refractivity contribution in [1.29, 1.82) is 0 Å². The van der Waals surface area contributed by atoms with Crippen molar-refractivity contribution in [1.82, 2.24) is 14.5 Å². The minimum absolute atomic E-state index is 0.0000350. The Morgan fingerprint density at radius 2 is 1.65 bits per heavy atom. The van der Waals surface area contributed by atoms with E-state index in [1.807, 2.05) is 4.90 Å². The van der Waals surface area contributed by atoms with Gasteiger partial charge in [-0.2, -0.15) is 4.31 Å². The second kappa shape index (κ2) is 10.9. The lowest BCUT2D eigenvalue weighted by Crippen LogP contribution is -2.48. The summed E-state index contributed by atoms with van der Waals surface area (Å²) in [7, 11) is -3.97. The van der Waals surface area contributed by atoms with Crippen LogP contribution in [0.15, 0.2) is 53.4 Å². The zero-order valence-electron chi connectivity index (χ0n) is 19.1. The Morgan fingerprint density at radius 1 is 0.971 bits per heavy atom. The molecule has 2 aromatic carbocycles. The van der Waals surface area contributed by atoms with Gasteiger partial charge in [-0.3, -0.25) is 9.59 Å². The number of carbonyl (C=O) groups is 2. The van der Waals surface area contributed by atoms with Crippen LogP contribution in [0.3, 0.4) is 0 Å². The summed E-state index contributed by atoms with van der Waals surface area (Å²) in [6.07, 6.45) is 5.19. The highest BCUT2D eigenvalue weighted by atomic mass is 35.5. The van der Waals surface area contributed by atoms with E-state index >= 15 is 0 Å². The summed E-state index contributed by atoms with van der Waals surface area (Å²) in [6.45, 7) is 2.10. The number of amides is 2. The molecule has 2 amide bonds. The highest BCUT2D eigenvalue weighted by molar-refractivity contribution is 7.89. The van der Waals surface area contributed by atoms with Crippen LogP contribution in [0.5, 0.6) is 0 Å². The van der Waals surface area contributed by atoms with Crippen molar-refractivity contribution in [3.63, 3.8) is 0 Å². The Labute approximate surface area is 206 Å². The van der Waals surface area contributed by atoms with Gasteiger partial charge in [-0.05, 0) is 80.5 Å². The maximum absolute atomic E-state index is 13.6. The predicted molar refractivity (Wildman–Crippen MR) is 131 cm³/mol. The molecule has 1 N–H and O–H groups in total. The lowest BCUT2D eigenvalue weighted by molar-refractivity contribution is -0.124. The van der Waals surface area contributed by atoms with E-state index in [1.54, 1.807) is 24.3 Å². The average Bonchev–Trinajstić information content (AvgIpc) is 3.07. The van der Waals surface area contributed by atoms with Crippen LogP contribution < -0.4 is 5.32 Å². The molecule has 0 aliphatic carbocycles. The summed E-state index contributed by atoms with van der Waals surface area (Å²) in [5.74, 6) is -0.285. The highest BCUT2D eigenvalue weighted by Crippen LogP contribution is 2.26. The molecule has 0 bridgehead atoms. The van der Waals surface area contributed by atoms with Gasteiger partial charge in [-0.15, -0.1) is 0 Å². The Morgan fingerprint density at radius 3 is 2.32 bits per heavy atom. The largest absolute Gasteiger partial charge is 0.355 e. The number of benzene rings is 2. The van der Waals surface area contributed by atoms with Crippen LogP contribution in [0.25, 0.3) is 0 Å². The highest BCUT2D eigenvalue weighted by Gasteiger charge is 2.36. The molecule has 7 nitrogen and oxygen atoms in total. The molecular weight excluding hydrogens is 474 g/mol. The van der Waals surface area contributed by atoms with Crippen molar-refractivity contribution < 1.29 is 18.0 Å². The average molecular weight is 504 g/mol. The van der Waals surface area contributed by atoms with Crippen LogP contribution in [0.1, 0.15) is 54.4 Å². The van der Waals surface area contributed by atoms with Crippen molar-refractivity contribution in [3.8, 4) is 0 Å². The fourth-order valence-corrected chi connectivity index (χ4v) is 6.25. The van der Waals surface area contributed by atoms with E-state index in [0.29, 0.717) is 29.1 Å². The number of hydrogen-bond acceptors (Lipinski definition) is 4. The van der Waals surface area contributed by atoms with Gasteiger partial charge in [-0.25, -0.2) is 8.42 Å². The van der Waals surface area contributed by atoms with Gasteiger partial charge in [0, 0.05) is 36.8 Å². The standard InChI is InChI=1S/C25H30ClN3O4S/c26-21-11-13-22(14-12-21)34(32,33)29(23-6-2-3-15-27-24(23)30)18-19-7-9-20(10-8-19)25(31)28-16-4-1-5-17-28/h7-14,23H,1-6,15-18H2,(H,27,30). The number of piperidine rings is 1. The van der Waals surface area contributed by atoms with Crippen molar-refractivity contribution in [2.45, 2.75) is 56.0 Å². The quantitative estimate of drug-likeness (QED) is 0.649. The number of nitrogens with one attached hydrogen (secondary N) is 1. The first-order chi connectivity index (χ1) is 16.4. The third kappa shape index (κ3) is 5.62. The molecule has 2 fully saturated rings. The number of likely N-dealkylation sites (tertiary alicyclic amines) is 1. The molecule has 2 aliphatic heterocycles. The van der Waals surface area contributed by atoms with Gasteiger partial charge >= 0.3 is 0 Å². The molecule has 1 atom stereocenters. The van der Waals surface area contributed by atoms with Gasteiger partial charge in [0.25, 0.3) is 5.91 Å². The fourth-order valence-electron chi connectivity index (χ4n) is 4.51. The summed E-state index contributed by atoms with van der Waals surface area (Å²) in [5, 5.41) is 3.27. The lowest BCUT2D eigenvalue weighted by atomic mass is 10.1. The van der Waals surface area contributed by atoms with Crippen LogP contribution in [0.4, 0.5) is 0 Å². The van der Waals surface area contributed by atoms with Gasteiger partial charge in [0.15, 0.2) is 0 Å².